The fourth-order valence-corrected chi connectivity index (χ4v) is 4.44. The normalized spacial score (nSPS) is 18.2. The second kappa shape index (κ2) is 11.6. The van der Waals surface area contributed by atoms with Crippen molar-refractivity contribution in [2.45, 2.75) is 49.0 Å². The van der Waals surface area contributed by atoms with Crippen LogP contribution in [0.15, 0.2) is 0 Å². The number of likely N-dealkylation sites (N-methyl/N-ethyl adjacent to an activating group) is 1. The van der Waals surface area contributed by atoms with Crippen molar-refractivity contribution in [3.05, 3.63) is 4.13 Å². The lowest BCUT2D eigenvalue weighted by Gasteiger charge is -2.38. The second-order valence-electron chi connectivity index (χ2n) is 7.83. The largest absolute Gasteiger partial charge is 0.480 e. The maximum atomic E-state index is 13.2. The lowest BCUT2D eigenvalue weighted by molar-refractivity contribution is -0.914. The molecule has 212 valence electrons. The topological polar surface area (TPSA) is 91.6 Å². The summed E-state index contributed by atoms with van der Waals surface area (Å²) < 4.78 is 182. The molecule has 0 aromatic heterocycles. The monoisotopic (exact) mass is 584 g/mol. The van der Waals surface area contributed by atoms with Crippen LogP contribution in [0.1, 0.15) is 19.3 Å². The molecule has 1 aliphatic heterocycles. The Balaban J connectivity index is 0.000000814. The highest BCUT2D eigenvalue weighted by Gasteiger charge is 2.75. The number of sulfonamides is 2. The van der Waals surface area contributed by atoms with Gasteiger partial charge in [-0.05, 0) is 19.3 Å². The molecule has 35 heavy (non-hydrogen) atoms. The zero-order valence-corrected chi connectivity index (χ0v) is 19.8. The molecule has 0 amide bonds. The Morgan fingerprint density at radius 1 is 0.886 bits per heavy atom. The number of quaternary nitrogens is 1. The Bertz CT molecular complexity index is 887. The molecule has 0 aromatic carbocycles. The quantitative estimate of drug-likeness (QED) is 0.220. The molecule has 1 heterocycles. The number of ether oxygens (including phenoxy) is 1. The highest BCUT2D eigenvalue weighted by molar-refractivity contribution is 8.12. The van der Waals surface area contributed by atoms with Crippen molar-refractivity contribution in [2.24, 2.45) is 0 Å². The third-order valence-corrected chi connectivity index (χ3v) is 7.09. The summed E-state index contributed by atoms with van der Waals surface area (Å²) in [6.45, 7) is -0.573. The summed E-state index contributed by atoms with van der Waals surface area (Å²) in [5.74, 6) is -17.7. The number of likely N-dealkylation sites (tertiary alicyclic amines) is 1. The predicted octanol–water partition coefficient (Wildman–Crippen LogP) is 3.97. The van der Waals surface area contributed by atoms with Gasteiger partial charge in [0.1, 0.15) is 13.2 Å². The molecule has 1 rings (SSSR count). The summed E-state index contributed by atoms with van der Waals surface area (Å²) in [6.07, 6.45) is -1.74. The van der Waals surface area contributed by atoms with E-state index < -0.39 is 56.4 Å². The third-order valence-electron chi connectivity index (χ3n) is 4.63. The summed E-state index contributed by atoms with van der Waals surface area (Å²) in [5.41, 5.74) is -5.67. The molecule has 7 nitrogen and oxygen atoms in total. The first-order valence-electron chi connectivity index (χ1n) is 9.40. The van der Waals surface area contributed by atoms with E-state index in [0.717, 1.165) is 32.4 Å². The molecule has 0 aliphatic carbocycles. The molecule has 0 spiro atoms. The second-order valence-corrected chi connectivity index (χ2v) is 11.3. The Morgan fingerprint density at radius 2 is 1.34 bits per heavy atom. The summed E-state index contributed by atoms with van der Waals surface area (Å²) in [4.78, 5) is 0. The van der Waals surface area contributed by atoms with Crippen LogP contribution in [0, 0.1) is 0 Å². The number of halogens is 11. The van der Waals surface area contributed by atoms with Crippen molar-refractivity contribution in [3.8, 4) is 0 Å². The number of hydrogen-bond acceptors (Lipinski definition) is 5. The first-order valence-corrected chi connectivity index (χ1v) is 12.7. The van der Waals surface area contributed by atoms with Crippen molar-refractivity contribution in [1.29, 1.82) is 0 Å². The average Bonchev–Trinajstić information content (AvgIpc) is 2.63. The van der Waals surface area contributed by atoms with E-state index >= 15 is 0 Å². The average molecular weight is 584 g/mol. The molecule has 0 saturated carbocycles. The highest BCUT2D eigenvalue weighted by Crippen LogP contribution is 2.48. The van der Waals surface area contributed by atoms with Crippen molar-refractivity contribution in [3.63, 3.8) is 0 Å². The first kappa shape index (κ1) is 34.0. The van der Waals surface area contributed by atoms with Crippen LogP contribution in [-0.2, 0) is 24.8 Å². The lowest BCUT2D eigenvalue weighted by Crippen LogP contribution is -2.59. The molecule has 0 aromatic rings. The van der Waals surface area contributed by atoms with Gasteiger partial charge < -0.3 is 13.3 Å². The van der Waals surface area contributed by atoms with Crippen molar-refractivity contribution in [2.75, 3.05) is 46.2 Å². The van der Waals surface area contributed by atoms with Crippen molar-refractivity contribution >= 4 is 20.0 Å². The standard InChI is InChI=1S/C13H20F8NO.C2H3F3NO4S2/c1-22(5-3-2-4-6-22)7-8-23-9-11(16,17)13(20,21)12(18,19)10(14)15;1-11(7,8)6-12(9,10)2(3,4)5/h10H,2-9H2,1H3;1H3/q+1;-1. The van der Waals surface area contributed by atoms with Crippen LogP contribution in [0.5, 0.6) is 0 Å². The van der Waals surface area contributed by atoms with E-state index in [1.54, 1.807) is 4.13 Å². The van der Waals surface area contributed by atoms with Gasteiger partial charge in [-0.2, -0.15) is 39.5 Å². The molecule has 1 saturated heterocycles. The van der Waals surface area contributed by atoms with Gasteiger partial charge in [0.2, 0.25) is 0 Å². The molecule has 0 N–H and O–H groups in total. The van der Waals surface area contributed by atoms with Crippen molar-refractivity contribution < 1.29 is 74.4 Å². The van der Waals surface area contributed by atoms with Crippen LogP contribution in [0.4, 0.5) is 48.3 Å². The Hall–Kier alpha value is -0.990. The van der Waals surface area contributed by atoms with Gasteiger partial charge >= 0.3 is 29.7 Å². The van der Waals surface area contributed by atoms with Gasteiger partial charge in [0.05, 0.1) is 36.8 Å². The van der Waals surface area contributed by atoms with E-state index in [1.165, 1.54) is 0 Å². The first-order chi connectivity index (χ1) is 15.3. The van der Waals surface area contributed by atoms with Crippen LogP contribution >= 0.6 is 0 Å². The molecule has 1 aliphatic rings. The van der Waals surface area contributed by atoms with Crippen LogP contribution in [-0.4, -0.2) is 97.2 Å². The van der Waals surface area contributed by atoms with Gasteiger partial charge in [-0.25, -0.2) is 25.6 Å². The van der Waals surface area contributed by atoms with Crippen LogP contribution in [0.25, 0.3) is 4.13 Å². The number of rotatable bonds is 10. The van der Waals surface area contributed by atoms with E-state index in [4.69, 9.17) is 0 Å². The molecular formula is C15H23F11N2O5S2. The number of nitrogens with zero attached hydrogens (tertiary/aromatic N) is 2. The fraction of sp³-hybridized carbons (Fsp3) is 1.00. The Labute approximate surface area is 194 Å². The molecule has 0 bridgehead atoms. The molecule has 0 unspecified atom stereocenters. The van der Waals surface area contributed by atoms with Gasteiger partial charge in [-0.15, -0.1) is 0 Å². The smallest absolute Gasteiger partial charge is 0.429 e. The maximum Gasteiger partial charge on any atom is 0.480 e. The molecule has 0 atom stereocenters. The Kier molecular flexibility index (Phi) is 11.3. The number of piperidine rings is 1. The number of hydrogen-bond donors (Lipinski definition) is 0. The zero-order chi connectivity index (χ0) is 28.1. The van der Waals surface area contributed by atoms with Crippen LogP contribution in [0.2, 0.25) is 0 Å². The van der Waals surface area contributed by atoms with Crippen molar-refractivity contribution in [1.82, 2.24) is 0 Å². The highest BCUT2D eigenvalue weighted by atomic mass is 32.3. The van der Waals surface area contributed by atoms with E-state index in [9.17, 15) is 65.1 Å². The van der Waals surface area contributed by atoms with Crippen LogP contribution in [0.3, 0.4) is 0 Å². The minimum Gasteiger partial charge on any atom is -0.429 e. The van der Waals surface area contributed by atoms with Gasteiger partial charge in [-0.3, -0.25) is 0 Å². The van der Waals surface area contributed by atoms with Gasteiger partial charge in [0.25, 0.3) is 0 Å². The zero-order valence-electron chi connectivity index (χ0n) is 18.1. The molecule has 1 fully saturated rings. The minimum atomic E-state index is -6.20. The Morgan fingerprint density at radius 3 is 1.69 bits per heavy atom. The SMILES string of the molecule is CS(=O)(=O)[N-]S(=O)(=O)C(F)(F)F.C[N+]1(CCOCC(F)(F)C(F)(F)C(F)(F)C(F)F)CCCCC1. The summed E-state index contributed by atoms with van der Waals surface area (Å²) >= 11 is 0. The lowest BCUT2D eigenvalue weighted by atomic mass is 10.1. The molecule has 20 heteroatoms. The van der Waals surface area contributed by atoms with Gasteiger partial charge in [0.15, 0.2) is 10.0 Å². The maximum absolute atomic E-state index is 13.2. The minimum absolute atomic E-state index is 0.246. The van der Waals surface area contributed by atoms with E-state index in [0.29, 0.717) is 4.48 Å². The summed E-state index contributed by atoms with van der Waals surface area (Å²) in [6, 6.07) is 0. The van der Waals surface area contributed by atoms with Crippen LogP contribution < -0.4 is 0 Å². The van der Waals surface area contributed by atoms with E-state index in [-0.39, 0.29) is 19.4 Å². The molecular weight excluding hydrogens is 561 g/mol. The third kappa shape index (κ3) is 9.77. The fourth-order valence-electron chi connectivity index (χ4n) is 2.68. The van der Waals surface area contributed by atoms with Gasteiger partial charge in [0, 0.05) is 6.26 Å². The number of alkyl halides is 11. The van der Waals surface area contributed by atoms with E-state index in [1.807, 2.05) is 7.05 Å². The van der Waals surface area contributed by atoms with Gasteiger partial charge in [-0.1, -0.05) is 0 Å². The molecule has 0 radical (unpaired) electrons. The summed E-state index contributed by atoms with van der Waals surface area (Å²) in [5, 5.41) is 0. The predicted molar refractivity (Wildman–Crippen MR) is 99.5 cm³/mol. The van der Waals surface area contributed by atoms with E-state index in [2.05, 4.69) is 4.74 Å². The summed E-state index contributed by atoms with van der Waals surface area (Å²) in [7, 11) is -8.62.